The van der Waals surface area contributed by atoms with Gasteiger partial charge in [0, 0.05) is 22.1 Å². The first-order valence-electron chi connectivity index (χ1n) is 9.52. The van der Waals surface area contributed by atoms with Gasteiger partial charge in [-0.15, -0.1) is 11.8 Å². The van der Waals surface area contributed by atoms with Crippen LogP contribution in [0.3, 0.4) is 0 Å². The summed E-state index contributed by atoms with van der Waals surface area (Å²) in [4.78, 5) is 41.8. The summed E-state index contributed by atoms with van der Waals surface area (Å²) in [6, 6.07) is 6.62. The largest absolute Gasteiger partial charge is 0.478 e. The zero-order chi connectivity index (χ0) is 25.7. The first-order chi connectivity index (χ1) is 16.6. The van der Waals surface area contributed by atoms with Gasteiger partial charge in [0.1, 0.15) is 0 Å². The van der Waals surface area contributed by atoms with E-state index in [1.165, 1.54) is 23.5 Å². The second-order valence-corrected chi connectivity index (χ2v) is 11.0. The summed E-state index contributed by atoms with van der Waals surface area (Å²) in [5.74, 6) is -1.69. The standard InChI is InChI=1S/C20H14Cl4N4O4S3/c1-2-33-20-27-19(35-28-20)26-10(29)7-34-9-5-3-4-8(6-9)25-17(30)11-12(18(31)32)14(22)16(24)15(23)13(11)21/h3-6H,2,7H2,1H3,(H,25,30)(H,31,32)(H,26,27,28,29). The summed E-state index contributed by atoms with van der Waals surface area (Å²) in [5.41, 5.74) is -0.656. The first kappa shape index (κ1) is 27.9. The van der Waals surface area contributed by atoms with Crippen LogP contribution in [0.2, 0.25) is 20.1 Å². The first-order valence-corrected chi connectivity index (χ1v) is 13.8. The molecule has 0 spiro atoms. The fraction of sp³-hybridized carbons (Fsp3) is 0.150. The highest BCUT2D eigenvalue weighted by molar-refractivity contribution is 8.00. The predicted octanol–water partition coefficient (Wildman–Crippen LogP) is 6.95. The Labute approximate surface area is 232 Å². The molecule has 0 aliphatic rings. The number of aromatic nitrogens is 2. The van der Waals surface area contributed by atoms with Crippen molar-refractivity contribution in [3.63, 3.8) is 0 Å². The molecule has 0 atom stereocenters. The fourth-order valence-electron chi connectivity index (χ4n) is 2.66. The molecule has 0 saturated heterocycles. The lowest BCUT2D eigenvalue weighted by molar-refractivity contribution is -0.113. The molecule has 35 heavy (non-hydrogen) atoms. The molecule has 3 N–H and O–H groups in total. The molecule has 0 saturated carbocycles. The van der Waals surface area contributed by atoms with Gasteiger partial charge in [-0.2, -0.15) is 9.36 Å². The molecule has 0 aliphatic carbocycles. The number of benzene rings is 2. The third-order valence-corrected chi connectivity index (χ3v) is 8.37. The number of carbonyl (C=O) groups excluding carboxylic acids is 2. The number of anilines is 2. The van der Waals surface area contributed by atoms with E-state index in [0.717, 1.165) is 17.3 Å². The van der Waals surface area contributed by atoms with E-state index in [0.29, 0.717) is 20.9 Å². The smallest absolute Gasteiger partial charge is 0.338 e. The highest BCUT2D eigenvalue weighted by Gasteiger charge is 2.29. The monoisotopic (exact) mass is 610 g/mol. The topological polar surface area (TPSA) is 121 Å². The Morgan fingerprint density at radius 3 is 2.34 bits per heavy atom. The molecule has 0 fully saturated rings. The molecule has 2 aromatic carbocycles. The zero-order valence-corrected chi connectivity index (χ0v) is 23.0. The average Bonchev–Trinajstić information content (AvgIpc) is 3.25. The van der Waals surface area contributed by atoms with E-state index in [1.807, 2.05) is 6.92 Å². The van der Waals surface area contributed by atoms with Crippen molar-refractivity contribution in [3.05, 3.63) is 55.5 Å². The van der Waals surface area contributed by atoms with Gasteiger partial charge in [-0.05, 0) is 24.0 Å². The second-order valence-electron chi connectivity index (χ2n) is 6.45. The van der Waals surface area contributed by atoms with Gasteiger partial charge in [-0.3, -0.25) is 14.9 Å². The minimum absolute atomic E-state index is 0.0879. The number of amides is 2. The van der Waals surface area contributed by atoms with Gasteiger partial charge < -0.3 is 10.4 Å². The van der Waals surface area contributed by atoms with Crippen LogP contribution in [-0.4, -0.2) is 43.8 Å². The number of thioether (sulfide) groups is 2. The van der Waals surface area contributed by atoms with E-state index in [9.17, 15) is 19.5 Å². The molecule has 15 heteroatoms. The van der Waals surface area contributed by atoms with Crippen LogP contribution in [0.1, 0.15) is 27.6 Å². The number of halogens is 4. The SMILES string of the molecule is CCSc1nsc(NC(=O)CSc2cccc(NC(=O)c3c(Cl)c(Cl)c(Cl)c(Cl)c3C(=O)O)c2)n1. The Morgan fingerprint density at radius 1 is 1.00 bits per heavy atom. The quantitative estimate of drug-likeness (QED) is 0.135. The Balaban J connectivity index is 1.70. The van der Waals surface area contributed by atoms with Crippen LogP contribution in [-0.2, 0) is 4.79 Å². The summed E-state index contributed by atoms with van der Waals surface area (Å²) in [6.07, 6.45) is 0. The molecule has 3 rings (SSSR count). The third-order valence-electron chi connectivity index (χ3n) is 4.10. The highest BCUT2D eigenvalue weighted by atomic mass is 35.5. The molecule has 8 nitrogen and oxygen atoms in total. The molecule has 0 bridgehead atoms. The van der Waals surface area contributed by atoms with E-state index in [1.54, 1.807) is 24.3 Å². The molecule has 0 radical (unpaired) electrons. The predicted molar refractivity (Wildman–Crippen MR) is 143 cm³/mol. The number of nitrogens with zero attached hydrogens (tertiary/aromatic N) is 2. The van der Waals surface area contributed by atoms with E-state index in [-0.39, 0.29) is 26.7 Å². The lowest BCUT2D eigenvalue weighted by atomic mass is 10.1. The molecule has 184 valence electrons. The Morgan fingerprint density at radius 2 is 1.69 bits per heavy atom. The van der Waals surface area contributed by atoms with Gasteiger partial charge in [0.15, 0.2) is 0 Å². The number of hydrogen-bond donors (Lipinski definition) is 3. The lowest BCUT2D eigenvalue weighted by Gasteiger charge is -2.14. The number of nitrogens with one attached hydrogen (secondary N) is 2. The van der Waals surface area contributed by atoms with Crippen LogP contribution >= 0.6 is 81.5 Å². The molecule has 3 aromatic rings. The van der Waals surface area contributed by atoms with E-state index in [4.69, 9.17) is 46.4 Å². The molecular weight excluding hydrogens is 598 g/mol. The maximum atomic E-state index is 12.9. The Hall–Kier alpha value is -1.73. The summed E-state index contributed by atoms with van der Waals surface area (Å²) in [5, 5.41) is 14.6. The van der Waals surface area contributed by atoms with Crippen molar-refractivity contribution in [2.75, 3.05) is 22.1 Å². The number of carboxylic acids is 1. The van der Waals surface area contributed by atoms with Crippen LogP contribution in [0, 0.1) is 0 Å². The highest BCUT2D eigenvalue weighted by Crippen LogP contribution is 2.42. The van der Waals surface area contributed by atoms with Crippen molar-refractivity contribution in [1.29, 1.82) is 0 Å². The van der Waals surface area contributed by atoms with Crippen molar-refractivity contribution in [2.45, 2.75) is 17.0 Å². The Kier molecular flexibility index (Phi) is 9.94. The van der Waals surface area contributed by atoms with Gasteiger partial charge in [0.2, 0.25) is 16.2 Å². The van der Waals surface area contributed by atoms with Crippen LogP contribution in [0.4, 0.5) is 10.8 Å². The second kappa shape index (κ2) is 12.5. The van der Waals surface area contributed by atoms with Crippen molar-refractivity contribution < 1.29 is 19.5 Å². The number of hydrogen-bond acceptors (Lipinski definition) is 8. The van der Waals surface area contributed by atoms with Crippen molar-refractivity contribution in [2.24, 2.45) is 0 Å². The van der Waals surface area contributed by atoms with Crippen LogP contribution in [0.5, 0.6) is 0 Å². The molecule has 0 aliphatic heterocycles. The Bertz CT molecular complexity index is 1310. The van der Waals surface area contributed by atoms with Crippen LogP contribution in [0.25, 0.3) is 0 Å². The van der Waals surface area contributed by atoms with Crippen molar-refractivity contribution in [3.8, 4) is 0 Å². The van der Waals surface area contributed by atoms with Gasteiger partial charge in [0.05, 0.1) is 37.0 Å². The average molecular weight is 612 g/mol. The minimum Gasteiger partial charge on any atom is -0.478 e. The fourth-order valence-corrected chi connectivity index (χ4v) is 5.72. The van der Waals surface area contributed by atoms with E-state index >= 15 is 0 Å². The summed E-state index contributed by atoms with van der Waals surface area (Å²) in [6.45, 7) is 1.98. The molecular formula is C20H14Cl4N4O4S3. The van der Waals surface area contributed by atoms with Gasteiger partial charge in [-0.25, -0.2) is 4.79 Å². The van der Waals surface area contributed by atoms with E-state index in [2.05, 4.69) is 20.0 Å². The lowest BCUT2D eigenvalue weighted by Crippen LogP contribution is -2.18. The van der Waals surface area contributed by atoms with Crippen molar-refractivity contribution >= 4 is 110 Å². The van der Waals surface area contributed by atoms with Crippen LogP contribution in [0.15, 0.2) is 34.3 Å². The van der Waals surface area contributed by atoms with Crippen molar-refractivity contribution in [1.82, 2.24) is 9.36 Å². The molecule has 1 aromatic heterocycles. The maximum Gasteiger partial charge on any atom is 0.338 e. The number of carboxylic acid groups (broad SMARTS) is 1. The van der Waals surface area contributed by atoms with Gasteiger partial charge >= 0.3 is 5.97 Å². The minimum atomic E-state index is -1.49. The molecule has 0 unspecified atom stereocenters. The normalized spacial score (nSPS) is 10.8. The zero-order valence-electron chi connectivity index (χ0n) is 17.5. The maximum absolute atomic E-state index is 12.9. The summed E-state index contributed by atoms with van der Waals surface area (Å²) < 4.78 is 4.14. The molecule has 2 amide bonds. The van der Waals surface area contributed by atoms with Crippen LogP contribution < -0.4 is 10.6 Å². The number of aromatic carboxylic acids is 1. The molecule has 1 heterocycles. The van der Waals surface area contributed by atoms with Gasteiger partial charge in [-0.1, -0.05) is 71.2 Å². The summed E-state index contributed by atoms with van der Waals surface area (Å²) >= 11 is 27.9. The van der Waals surface area contributed by atoms with Gasteiger partial charge in [0.25, 0.3) is 5.91 Å². The summed E-state index contributed by atoms with van der Waals surface area (Å²) in [7, 11) is 0. The van der Waals surface area contributed by atoms with E-state index < -0.39 is 28.0 Å². The number of rotatable bonds is 9. The third kappa shape index (κ3) is 6.94. The number of carbonyl (C=O) groups is 3.